The van der Waals surface area contributed by atoms with Crippen LogP contribution in [0.15, 0.2) is 97.2 Å². The predicted molar refractivity (Wildman–Crippen MR) is 395 cm³/mol. The highest BCUT2D eigenvalue weighted by Gasteiger charge is 2.26. The molecule has 0 aliphatic rings. The number of carbonyl (C=O) groups is 2. The standard InChI is InChI=1S/C81H146NO8P/c1-3-5-7-9-11-13-15-17-19-21-23-25-27-29-31-33-34-35-36-37-38-39-40-41-42-43-44-46-47-49-51-53-55-57-59-61-63-65-67-69-71-73-80(83)87-77-79(78-89-91(85,86)88-76-75-82)90-81(84)74-72-70-68-66-64-62-60-58-56-54-52-50-48-45-32-30-28-26-24-22-20-18-16-14-12-10-8-6-4-2/h6,8,12,14-15,17-18,20-21,23-24,26-27,29-30,32,79H,3-5,7,9-11,13,16,19,22,25,28,31,33-78,82H2,1-2H3,(H,85,86)/b8-6-,14-12-,17-15-,20-18-,23-21-,26-24-,29-27-,32-30-. The maximum absolute atomic E-state index is 12.8. The van der Waals surface area contributed by atoms with E-state index in [1.54, 1.807) is 0 Å². The number of phosphoric ester groups is 1. The molecule has 0 spiro atoms. The van der Waals surface area contributed by atoms with Gasteiger partial charge < -0.3 is 20.1 Å². The summed E-state index contributed by atoms with van der Waals surface area (Å²) >= 11 is 0. The molecule has 91 heavy (non-hydrogen) atoms. The van der Waals surface area contributed by atoms with E-state index >= 15 is 0 Å². The van der Waals surface area contributed by atoms with Crippen LogP contribution in [-0.4, -0.2) is 49.3 Å². The van der Waals surface area contributed by atoms with Gasteiger partial charge >= 0.3 is 19.8 Å². The highest BCUT2D eigenvalue weighted by atomic mass is 31.2. The summed E-state index contributed by atoms with van der Waals surface area (Å²) in [5, 5.41) is 0. The van der Waals surface area contributed by atoms with Crippen molar-refractivity contribution in [3.8, 4) is 0 Å². The van der Waals surface area contributed by atoms with E-state index in [1.807, 2.05) is 0 Å². The molecule has 10 heteroatoms. The van der Waals surface area contributed by atoms with Gasteiger partial charge in [0.2, 0.25) is 0 Å². The van der Waals surface area contributed by atoms with Gasteiger partial charge in [-0.05, 0) is 96.3 Å². The Balaban J connectivity index is 3.78. The fourth-order valence-electron chi connectivity index (χ4n) is 11.3. The van der Waals surface area contributed by atoms with Gasteiger partial charge in [0.25, 0.3) is 0 Å². The third kappa shape index (κ3) is 75.8. The molecule has 0 amide bonds. The fraction of sp³-hybridized carbons (Fsp3) is 0.778. The quantitative estimate of drug-likeness (QED) is 0.0264. The van der Waals surface area contributed by atoms with Crippen LogP contribution in [0.1, 0.15) is 373 Å². The average Bonchev–Trinajstić information content (AvgIpc) is 3.68. The summed E-state index contributed by atoms with van der Waals surface area (Å²) in [6.07, 6.45) is 104. The lowest BCUT2D eigenvalue weighted by molar-refractivity contribution is -0.161. The Kier molecular flexibility index (Phi) is 73.4. The first-order chi connectivity index (χ1) is 44.8. The van der Waals surface area contributed by atoms with Crippen LogP contribution in [0.25, 0.3) is 0 Å². The number of rotatable bonds is 73. The summed E-state index contributed by atoms with van der Waals surface area (Å²) in [5.74, 6) is -0.815. The second-order valence-electron chi connectivity index (χ2n) is 25.8. The molecule has 0 radical (unpaired) electrons. The topological polar surface area (TPSA) is 134 Å². The van der Waals surface area contributed by atoms with Crippen LogP contribution in [0.4, 0.5) is 0 Å². The molecule has 0 aromatic carbocycles. The first-order valence-electron chi connectivity index (χ1n) is 38.7. The Morgan fingerprint density at radius 1 is 0.341 bits per heavy atom. The summed E-state index contributed by atoms with van der Waals surface area (Å²) in [5.41, 5.74) is 5.41. The Bertz CT molecular complexity index is 1820. The van der Waals surface area contributed by atoms with E-state index in [9.17, 15) is 19.0 Å². The van der Waals surface area contributed by atoms with Crippen LogP contribution in [-0.2, 0) is 32.7 Å². The molecular weight excluding hydrogens is 1150 g/mol. The number of nitrogens with two attached hydrogens (primary N) is 1. The van der Waals surface area contributed by atoms with Gasteiger partial charge in [-0.1, -0.05) is 361 Å². The average molecular weight is 1290 g/mol. The molecule has 9 nitrogen and oxygen atoms in total. The molecule has 2 atom stereocenters. The van der Waals surface area contributed by atoms with Gasteiger partial charge in [0, 0.05) is 19.4 Å². The lowest BCUT2D eigenvalue weighted by atomic mass is 10.0. The number of carbonyl (C=O) groups excluding carboxylic acids is 2. The van der Waals surface area contributed by atoms with Gasteiger partial charge in [-0.25, -0.2) is 4.57 Å². The van der Waals surface area contributed by atoms with Crippen molar-refractivity contribution in [3.63, 3.8) is 0 Å². The molecule has 2 unspecified atom stereocenters. The van der Waals surface area contributed by atoms with Crippen LogP contribution >= 0.6 is 7.82 Å². The number of hydrogen-bond acceptors (Lipinski definition) is 8. The van der Waals surface area contributed by atoms with Crippen molar-refractivity contribution < 1.29 is 37.6 Å². The molecule has 0 aliphatic carbocycles. The molecule has 0 aromatic rings. The third-order valence-corrected chi connectivity index (χ3v) is 17.9. The van der Waals surface area contributed by atoms with Gasteiger partial charge in [0.05, 0.1) is 13.2 Å². The van der Waals surface area contributed by atoms with Gasteiger partial charge in [-0.2, -0.15) is 0 Å². The summed E-state index contributed by atoms with van der Waals surface area (Å²) in [6.45, 7) is 3.66. The lowest BCUT2D eigenvalue weighted by Gasteiger charge is -2.19. The molecule has 0 aromatic heterocycles. The van der Waals surface area contributed by atoms with Crippen LogP contribution in [0, 0.1) is 0 Å². The van der Waals surface area contributed by atoms with Crippen molar-refractivity contribution in [1.82, 2.24) is 0 Å². The molecule has 0 bridgehead atoms. The summed E-state index contributed by atoms with van der Waals surface area (Å²) < 4.78 is 33.2. The van der Waals surface area contributed by atoms with E-state index in [0.717, 1.165) is 83.5 Å². The maximum Gasteiger partial charge on any atom is 0.472 e. The zero-order chi connectivity index (χ0) is 65.8. The molecule has 0 fully saturated rings. The molecule has 528 valence electrons. The summed E-state index contributed by atoms with van der Waals surface area (Å²) in [6, 6.07) is 0. The minimum Gasteiger partial charge on any atom is -0.462 e. The van der Waals surface area contributed by atoms with Crippen molar-refractivity contribution >= 4 is 19.8 Å². The van der Waals surface area contributed by atoms with Crippen molar-refractivity contribution in [2.24, 2.45) is 5.73 Å². The van der Waals surface area contributed by atoms with Gasteiger partial charge in [0.15, 0.2) is 6.10 Å². The fourth-order valence-corrected chi connectivity index (χ4v) is 12.0. The largest absolute Gasteiger partial charge is 0.472 e. The number of esters is 2. The van der Waals surface area contributed by atoms with Crippen molar-refractivity contribution in [3.05, 3.63) is 97.2 Å². The van der Waals surface area contributed by atoms with Crippen LogP contribution in [0.3, 0.4) is 0 Å². The van der Waals surface area contributed by atoms with Crippen molar-refractivity contribution in [2.45, 2.75) is 380 Å². The molecule has 0 saturated heterocycles. The molecule has 0 rings (SSSR count). The zero-order valence-corrected chi connectivity index (χ0v) is 60.5. The summed E-state index contributed by atoms with van der Waals surface area (Å²) in [4.78, 5) is 35.4. The minimum absolute atomic E-state index is 0.0520. The van der Waals surface area contributed by atoms with E-state index in [-0.39, 0.29) is 38.6 Å². The molecule has 0 aliphatic heterocycles. The highest BCUT2D eigenvalue weighted by Crippen LogP contribution is 2.43. The van der Waals surface area contributed by atoms with Crippen LogP contribution in [0.2, 0.25) is 0 Å². The van der Waals surface area contributed by atoms with E-state index in [0.29, 0.717) is 6.42 Å². The Labute approximate surface area is 563 Å². The molecule has 0 saturated carbocycles. The summed E-state index contributed by atoms with van der Waals surface area (Å²) in [7, 11) is -4.40. The maximum atomic E-state index is 12.8. The SMILES string of the molecule is CC/C=C\C/C=C\C/C=C\C/C=C\C/C=C\CCCCCCCCCCCCCCCC(=O)OC(COC(=O)CCCCCCCCCCCCCCCCCCCCCCCCCCCC/C=C\C/C=C\C/C=C\CCCCCCC)COP(=O)(O)OCCN. The number of unbranched alkanes of at least 4 members (excludes halogenated alkanes) is 44. The minimum atomic E-state index is -4.40. The molecule has 3 N–H and O–H groups in total. The Morgan fingerprint density at radius 2 is 0.604 bits per heavy atom. The van der Waals surface area contributed by atoms with Gasteiger partial charge in [0.1, 0.15) is 6.61 Å². The van der Waals surface area contributed by atoms with E-state index in [2.05, 4.69) is 111 Å². The van der Waals surface area contributed by atoms with Crippen LogP contribution < -0.4 is 5.73 Å². The third-order valence-electron chi connectivity index (χ3n) is 17.0. The van der Waals surface area contributed by atoms with Crippen LogP contribution in [0.5, 0.6) is 0 Å². The van der Waals surface area contributed by atoms with Crippen molar-refractivity contribution in [1.29, 1.82) is 0 Å². The number of allylic oxidation sites excluding steroid dienone is 16. The number of phosphoric acid groups is 1. The molecular formula is C81H146NO8P. The van der Waals surface area contributed by atoms with E-state index in [4.69, 9.17) is 24.3 Å². The predicted octanol–water partition coefficient (Wildman–Crippen LogP) is 25.9. The highest BCUT2D eigenvalue weighted by molar-refractivity contribution is 7.47. The van der Waals surface area contributed by atoms with Gasteiger partial charge in [-0.15, -0.1) is 0 Å². The Hall–Kier alpha value is -3.07. The second kappa shape index (κ2) is 76.0. The first kappa shape index (κ1) is 87.9. The Morgan fingerprint density at radius 3 is 0.901 bits per heavy atom. The number of hydrogen-bond donors (Lipinski definition) is 2. The van der Waals surface area contributed by atoms with Gasteiger partial charge in [-0.3, -0.25) is 18.6 Å². The lowest BCUT2D eigenvalue weighted by Crippen LogP contribution is -2.29. The smallest absolute Gasteiger partial charge is 0.462 e. The van der Waals surface area contributed by atoms with Crippen molar-refractivity contribution in [2.75, 3.05) is 26.4 Å². The second-order valence-corrected chi connectivity index (χ2v) is 27.3. The first-order valence-corrected chi connectivity index (χ1v) is 40.2. The van der Waals surface area contributed by atoms with E-state index < -0.39 is 26.5 Å². The normalized spacial score (nSPS) is 13.4. The molecule has 0 heterocycles. The number of ether oxygens (including phenoxy) is 2. The van der Waals surface area contributed by atoms with E-state index in [1.165, 1.54) is 257 Å². The monoisotopic (exact) mass is 1290 g/mol. The zero-order valence-electron chi connectivity index (χ0n) is 59.6.